The maximum atomic E-state index is 13.8. The van der Waals surface area contributed by atoms with Crippen LogP contribution in [0.25, 0.3) is 0 Å². The van der Waals surface area contributed by atoms with Crippen LogP contribution in [0.15, 0.2) is 95.7 Å². The molecule has 0 aliphatic rings. The highest BCUT2D eigenvalue weighted by Crippen LogP contribution is 2.23. The van der Waals surface area contributed by atoms with E-state index in [1.807, 2.05) is 56.3 Å². The number of anilines is 2. The molecule has 0 spiro atoms. The number of benzene rings is 2. The fourth-order valence-electron chi connectivity index (χ4n) is 4.27. The molecule has 1 amide bonds. The Kier molecular flexibility index (Phi) is 11.0. The van der Waals surface area contributed by atoms with Crippen molar-refractivity contribution in [2.75, 3.05) is 18.4 Å². The first-order valence-corrected chi connectivity index (χ1v) is 15.8. The Hall–Kier alpha value is -3.84. The van der Waals surface area contributed by atoms with E-state index in [-0.39, 0.29) is 36.9 Å². The number of nitrogens with zero attached hydrogens (tertiary/aromatic N) is 3. The molecular weight excluding hydrogens is 574 g/mol. The summed E-state index contributed by atoms with van der Waals surface area (Å²) in [5.41, 5.74) is 4.07. The number of nitrogens with one attached hydrogen (secondary N) is 2. The second-order valence-electron chi connectivity index (χ2n) is 10.2. The van der Waals surface area contributed by atoms with E-state index in [9.17, 15) is 18.3 Å². The van der Waals surface area contributed by atoms with Crippen molar-refractivity contribution < 1.29 is 23.1 Å². The molecule has 0 bridgehead atoms. The van der Waals surface area contributed by atoms with Crippen LogP contribution in [0.2, 0.25) is 0 Å². The van der Waals surface area contributed by atoms with Crippen molar-refractivity contribution in [1.82, 2.24) is 19.6 Å². The quantitative estimate of drug-likeness (QED) is 0.185. The molecule has 0 aliphatic heterocycles. The van der Waals surface area contributed by atoms with Crippen molar-refractivity contribution >= 4 is 38.8 Å². The molecule has 4 rings (SSSR count). The van der Waals surface area contributed by atoms with Gasteiger partial charge in [-0.05, 0) is 54.3 Å². The summed E-state index contributed by atoms with van der Waals surface area (Å²) in [6.07, 6.45) is 3.29. The summed E-state index contributed by atoms with van der Waals surface area (Å²) in [6, 6.07) is 18.6. The molecule has 12 heteroatoms. The molecule has 2 aromatic heterocycles. The minimum absolute atomic E-state index is 0.00971. The van der Waals surface area contributed by atoms with Gasteiger partial charge in [-0.2, -0.15) is 4.31 Å². The van der Waals surface area contributed by atoms with Crippen molar-refractivity contribution in [3.05, 3.63) is 101 Å². The predicted molar refractivity (Wildman–Crippen MR) is 163 cm³/mol. The lowest BCUT2D eigenvalue weighted by Crippen LogP contribution is -2.51. The Morgan fingerprint density at radius 2 is 1.67 bits per heavy atom. The highest BCUT2D eigenvalue weighted by molar-refractivity contribution is 7.89. The molecule has 2 aromatic carbocycles. The number of carbonyl (C=O) groups excluding carboxylic acids is 1. The summed E-state index contributed by atoms with van der Waals surface area (Å²) in [5, 5.41) is 17.3. The lowest BCUT2D eigenvalue weighted by Gasteiger charge is -2.30. The molecule has 2 atom stereocenters. The van der Waals surface area contributed by atoms with Crippen LogP contribution in [-0.4, -0.2) is 59.1 Å². The van der Waals surface area contributed by atoms with Gasteiger partial charge in [0.1, 0.15) is 6.61 Å². The van der Waals surface area contributed by atoms with Crippen LogP contribution in [0.5, 0.6) is 0 Å². The standard InChI is InChI=1S/C30H35N5O5S2/c1-22(2)18-35(42(38,39)27-10-8-24(9-11-27)33-25-12-14-31-15-13-25)19-29(36)28(16-23-6-4-3-5-7-23)34-30(37)40-20-26-17-32-21-41-26/h3-15,17,21-22,28-29,36H,16,18-20H2,1-2H3,(H,31,33)(H,34,37)/t28-,29-/m0/s1. The molecule has 0 fully saturated rings. The van der Waals surface area contributed by atoms with E-state index in [4.69, 9.17) is 4.74 Å². The predicted octanol–water partition coefficient (Wildman–Crippen LogP) is 4.83. The molecule has 0 radical (unpaired) electrons. The Morgan fingerprint density at radius 1 is 0.976 bits per heavy atom. The SMILES string of the molecule is CC(C)CN(C[C@H](O)[C@H](Cc1ccccc1)NC(=O)OCc1cncs1)S(=O)(=O)c1ccc(Nc2ccncc2)cc1. The Balaban J connectivity index is 1.50. The molecule has 10 nitrogen and oxygen atoms in total. The third-order valence-corrected chi connectivity index (χ3v) is 8.91. The van der Waals surface area contributed by atoms with Crippen molar-refractivity contribution in [3.63, 3.8) is 0 Å². The fraction of sp³-hybridized carbons (Fsp3) is 0.300. The molecular formula is C30H35N5O5S2. The van der Waals surface area contributed by atoms with E-state index >= 15 is 0 Å². The number of thiazole rings is 1. The van der Waals surface area contributed by atoms with Gasteiger partial charge >= 0.3 is 6.09 Å². The third-order valence-electron chi connectivity index (χ3n) is 6.32. The fourth-order valence-corrected chi connectivity index (χ4v) is 6.40. The van der Waals surface area contributed by atoms with Gasteiger partial charge < -0.3 is 20.5 Å². The number of sulfonamides is 1. The number of hydrogen-bond acceptors (Lipinski definition) is 9. The number of carbonyl (C=O) groups is 1. The van der Waals surface area contributed by atoms with E-state index in [1.54, 1.807) is 36.2 Å². The number of aliphatic hydroxyl groups excluding tert-OH is 1. The molecule has 4 aromatic rings. The van der Waals surface area contributed by atoms with Gasteiger partial charge in [0.25, 0.3) is 0 Å². The first-order chi connectivity index (χ1) is 20.2. The highest BCUT2D eigenvalue weighted by atomic mass is 32.2. The number of hydrogen-bond donors (Lipinski definition) is 3. The van der Waals surface area contributed by atoms with Gasteiger partial charge in [-0.3, -0.25) is 9.97 Å². The molecule has 0 saturated heterocycles. The normalized spacial score (nSPS) is 13.1. The van der Waals surface area contributed by atoms with Crippen LogP contribution in [0.4, 0.5) is 16.2 Å². The van der Waals surface area contributed by atoms with E-state index < -0.39 is 28.3 Å². The van der Waals surface area contributed by atoms with Crippen LogP contribution in [0.3, 0.4) is 0 Å². The maximum absolute atomic E-state index is 13.8. The van der Waals surface area contributed by atoms with Gasteiger partial charge in [0.2, 0.25) is 10.0 Å². The van der Waals surface area contributed by atoms with Gasteiger partial charge in [-0.15, -0.1) is 11.3 Å². The molecule has 2 heterocycles. The van der Waals surface area contributed by atoms with Gasteiger partial charge in [-0.25, -0.2) is 13.2 Å². The summed E-state index contributed by atoms with van der Waals surface area (Å²) >= 11 is 1.36. The van der Waals surface area contributed by atoms with Gasteiger partial charge in [0, 0.05) is 43.1 Å². The monoisotopic (exact) mass is 609 g/mol. The van der Waals surface area contributed by atoms with Crippen molar-refractivity contribution in [3.8, 4) is 0 Å². The largest absolute Gasteiger partial charge is 0.444 e. The van der Waals surface area contributed by atoms with E-state index in [1.165, 1.54) is 27.8 Å². The average molecular weight is 610 g/mol. The summed E-state index contributed by atoms with van der Waals surface area (Å²) in [6.45, 7) is 3.83. The van der Waals surface area contributed by atoms with E-state index in [2.05, 4.69) is 20.6 Å². The second kappa shape index (κ2) is 14.9. The van der Waals surface area contributed by atoms with Gasteiger partial charge in [0.15, 0.2) is 0 Å². The summed E-state index contributed by atoms with van der Waals surface area (Å²) in [4.78, 5) is 21.5. The number of pyridine rings is 1. The van der Waals surface area contributed by atoms with Crippen molar-refractivity contribution in [2.45, 2.75) is 43.9 Å². The van der Waals surface area contributed by atoms with E-state index in [0.29, 0.717) is 0 Å². The lowest BCUT2D eigenvalue weighted by molar-refractivity contribution is 0.0876. The smallest absolute Gasteiger partial charge is 0.407 e. The number of ether oxygens (including phenoxy) is 1. The van der Waals surface area contributed by atoms with Gasteiger partial charge in [-0.1, -0.05) is 44.2 Å². The zero-order valence-corrected chi connectivity index (χ0v) is 25.1. The number of rotatable bonds is 14. The second-order valence-corrected chi connectivity index (χ2v) is 13.1. The molecule has 3 N–H and O–H groups in total. The molecule has 42 heavy (non-hydrogen) atoms. The maximum Gasteiger partial charge on any atom is 0.407 e. The van der Waals surface area contributed by atoms with Crippen LogP contribution in [0.1, 0.15) is 24.3 Å². The number of alkyl carbamates (subject to hydrolysis) is 1. The zero-order valence-electron chi connectivity index (χ0n) is 23.5. The summed E-state index contributed by atoms with van der Waals surface area (Å²) < 4.78 is 34.2. The Labute approximate surface area is 250 Å². The third kappa shape index (κ3) is 9.08. The molecule has 0 aliphatic carbocycles. The number of aliphatic hydroxyl groups is 1. The van der Waals surface area contributed by atoms with Crippen molar-refractivity contribution in [1.29, 1.82) is 0 Å². The Morgan fingerprint density at radius 3 is 2.31 bits per heavy atom. The van der Waals surface area contributed by atoms with Gasteiger partial charge in [0.05, 0.1) is 27.4 Å². The molecule has 222 valence electrons. The van der Waals surface area contributed by atoms with Crippen molar-refractivity contribution in [2.24, 2.45) is 5.92 Å². The summed E-state index contributed by atoms with van der Waals surface area (Å²) in [5.74, 6) is -0.00971. The molecule has 0 saturated carbocycles. The topological polar surface area (TPSA) is 134 Å². The minimum Gasteiger partial charge on any atom is -0.444 e. The first kappa shape index (κ1) is 31.1. The Bertz CT molecular complexity index is 1490. The highest BCUT2D eigenvalue weighted by Gasteiger charge is 2.31. The summed E-state index contributed by atoms with van der Waals surface area (Å²) in [7, 11) is -3.97. The first-order valence-electron chi connectivity index (χ1n) is 13.5. The minimum atomic E-state index is -3.97. The van der Waals surface area contributed by atoms with Crippen LogP contribution in [0, 0.1) is 5.92 Å². The zero-order chi connectivity index (χ0) is 30.0. The lowest BCUT2D eigenvalue weighted by atomic mass is 10.0. The molecule has 0 unspecified atom stereocenters. The number of aromatic nitrogens is 2. The van der Waals surface area contributed by atoms with E-state index in [0.717, 1.165) is 21.8 Å². The van der Waals surface area contributed by atoms with Crippen LogP contribution >= 0.6 is 11.3 Å². The van der Waals surface area contributed by atoms with Crippen LogP contribution in [-0.2, 0) is 27.8 Å². The number of amides is 1. The average Bonchev–Trinajstić information content (AvgIpc) is 3.50. The van der Waals surface area contributed by atoms with Crippen LogP contribution < -0.4 is 10.6 Å².